The third kappa shape index (κ3) is 4.17. The van der Waals surface area contributed by atoms with Gasteiger partial charge in [0.2, 0.25) is 11.8 Å². The summed E-state index contributed by atoms with van der Waals surface area (Å²) in [5.41, 5.74) is 0.657. The van der Waals surface area contributed by atoms with Crippen molar-refractivity contribution in [2.45, 2.75) is 48.3 Å². The van der Waals surface area contributed by atoms with Crippen LogP contribution in [0, 0.1) is 11.8 Å². The molecule has 36 heavy (non-hydrogen) atoms. The Bertz CT molecular complexity index is 1050. The molecule has 3 heterocycles. The van der Waals surface area contributed by atoms with E-state index in [4.69, 9.17) is 11.6 Å². The molecule has 194 valence electrons. The van der Waals surface area contributed by atoms with E-state index in [1.54, 1.807) is 69.9 Å². The van der Waals surface area contributed by atoms with E-state index in [1.165, 1.54) is 0 Å². The van der Waals surface area contributed by atoms with Crippen LogP contribution in [-0.4, -0.2) is 81.5 Å². The number of fused-ring (bicyclic) bond motifs is 1. The first-order valence-electron chi connectivity index (χ1n) is 12.4. The number of hydrogen-bond acceptors (Lipinski definition) is 5. The number of hydrogen-bond donors (Lipinski definition) is 1. The van der Waals surface area contributed by atoms with Gasteiger partial charge in [0.25, 0.3) is 5.91 Å². The lowest BCUT2D eigenvalue weighted by Crippen LogP contribution is -2.57. The molecule has 3 fully saturated rings. The lowest BCUT2D eigenvalue weighted by molar-refractivity contribution is -0.144. The first kappa shape index (κ1) is 26.8. The average molecular weight is 532 g/mol. The Kier molecular flexibility index (Phi) is 7.88. The summed E-state index contributed by atoms with van der Waals surface area (Å²) in [6.45, 7) is 9.87. The normalized spacial score (nSPS) is 29.1. The summed E-state index contributed by atoms with van der Waals surface area (Å²) in [6.07, 6.45) is 5.26. The lowest BCUT2D eigenvalue weighted by atomic mass is 9.70. The number of carbonyl (C=O) groups is 3. The molecule has 0 radical (unpaired) electrons. The molecule has 0 aliphatic carbocycles. The van der Waals surface area contributed by atoms with Crippen LogP contribution in [0.15, 0.2) is 49.6 Å². The summed E-state index contributed by atoms with van der Waals surface area (Å²) < 4.78 is -0.720. The van der Waals surface area contributed by atoms with Gasteiger partial charge >= 0.3 is 0 Å². The monoisotopic (exact) mass is 531 g/mol. The topological polar surface area (TPSA) is 81.2 Å². The van der Waals surface area contributed by atoms with Gasteiger partial charge in [0.1, 0.15) is 6.04 Å². The van der Waals surface area contributed by atoms with Gasteiger partial charge in [-0.25, -0.2) is 0 Å². The zero-order valence-electron chi connectivity index (χ0n) is 20.8. The standard InChI is InChI=1S/C27H34ClN3O4S/c1-5-14-29(4)24(33)21-20-12-13-27(36-20)22(21)25(34)31(18(7-3)16-32)23(27)26(35)30(15-6-2)19-10-8-17(28)9-11-19/h5-6,8-11,18,20-23,32H,1-2,7,12-16H2,3-4H3/t18-,20+,21-,22-,23?,27?/m0/s1. The van der Waals surface area contributed by atoms with Crippen molar-refractivity contribution in [2.75, 3.05) is 31.6 Å². The molecule has 2 unspecified atom stereocenters. The Balaban J connectivity index is 1.80. The van der Waals surface area contributed by atoms with E-state index < -0.39 is 28.7 Å². The minimum absolute atomic E-state index is 0.0197. The van der Waals surface area contributed by atoms with Gasteiger partial charge in [-0.15, -0.1) is 24.9 Å². The van der Waals surface area contributed by atoms with Gasteiger partial charge in [0, 0.05) is 36.1 Å². The van der Waals surface area contributed by atoms with Crippen LogP contribution in [0.25, 0.3) is 0 Å². The van der Waals surface area contributed by atoms with Gasteiger partial charge < -0.3 is 19.8 Å². The van der Waals surface area contributed by atoms with Crippen LogP contribution in [0.3, 0.4) is 0 Å². The zero-order chi connectivity index (χ0) is 26.2. The van der Waals surface area contributed by atoms with Gasteiger partial charge in [0.15, 0.2) is 0 Å². The highest BCUT2D eigenvalue weighted by Crippen LogP contribution is 2.67. The predicted molar refractivity (Wildman–Crippen MR) is 144 cm³/mol. The molecule has 1 aromatic rings. The number of likely N-dealkylation sites (tertiary alicyclic amines) is 1. The molecule has 1 N–H and O–H groups in total. The van der Waals surface area contributed by atoms with Gasteiger partial charge in [-0.1, -0.05) is 30.7 Å². The van der Waals surface area contributed by atoms with Gasteiger partial charge in [-0.05, 0) is 43.5 Å². The molecule has 0 saturated carbocycles. The highest BCUT2D eigenvalue weighted by atomic mass is 35.5. The van der Waals surface area contributed by atoms with Crippen molar-refractivity contribution >= 4 is 46.8 Å². The van der Waals surface area contributed by atoms with E-state index in [-0.39, 0.29) is 36.1 Å². The number of carbonyl (C=O) groups excluding carboxylic acids is 3. The molecule has 3 saturated heterocycles. The third-order valence-electron chi connectivity index (χ3n) is 7.83. The Morgan fingerprint density at radius 1 is 1.25 bits per heavy atom. The number of likely N-dealkylation sites (N-methyl/N-ethyl adjacent to an activating group) is 1. The smallest absolute Gasteiger partial charge is 0.251 e. The minimum Gasteiger partial charge on any atom is -0.394 e. The summed E-state index contributed by atoms with van der Waals surface area (Å²) in [6, 6.07) is 5.70. The molecule has 1 spiro atoms. The van der Waals surface area contributed by atoms with Crippen LogP contribution in [0.2, 0.25) is 5.02 Å². The fourth-order valence-electron chi connectivity index (χ4n) is 6.22. The fraction of sp³-hybridized carbons (Fsp3) is 0.519. The molecule has 0 aromatic heterocycles. The van der Waals surface area contributed by atoms with Crippen molar-refractivity contribution in [3.63, 3.8) is 0 Å². The summed E-state index contributed by atoms with van der Waals surface area (Å²) >= 11 is 7.71. The van der Waals surface area contributed by atoms with Crippen LogP contribution in [0.5, 0.6) is 0 Å². The molecular formula is C27H34ClN3O4S. The van der Waals surface area contributed by atoms with Gasteiger partial charge in [-0.2, -0.15) is 0 Å². The fourth-order valence-corrected chi connectivity index (χ4v) is 8.54. The molecule has 1 aromatic carbocycles. The molecule has 2 bridgehead atoms. The largest absolute Gasteiger partial charge is 0.394 e. The molecule has 4 rings (SSSR count). The third-order valence-corrected chi connectivity index (χ3v) is 10.0. The number of anilines is 1. The molecule has 7 nitrogen and oxygen atoms in total. The first-order chi connectivity index (χ1) is 17.2. The van der Waals surface area contributed by atoms with E-state index in [2.05, 4.69) is 13.2 Å². The number of aliphatic hydroxyl groups is 1. The molecule has 3 amide bonds. The molecular weight excluding hydrogens is 498 g/mol. The second-order valence-corrected chi connectivity index (χ2v) is 11.8. The van der Waals surface area contributed by atoms with Crippen molar-refractivity contribution in [3.05, 3.63) is 54.6 Å². The van der Waals surface area contributed by atoms with Crippen LogP contribution in [-0.2, 0) is 14.4 Å². The van der Waals surface area contributed by atoms with E-state index in [0.29, 0.717) is 30.1 Å². The van der Waals surface area contributed by atoms with Crippen LogP contribution < -0.4 is 4.90 Å². The quantitative estimate of drug-likeness (QED) is 0.468. The summed E-state index contributed by atoms with van der Waals surface area (Å²) in [4.78, 5) is 46.9. The van der Waals surface area contributed by atoms with Gasteiger partial charge in [-0.3, -0.25) is 14.4 Å². The lowest BCUT2D eigenvalue weighted by Gasteiger charge is -2.39. The second-order valence-electron chi connectivity index (χ2n) is 9.77. The van der Waals surface area contributed by atoms with Crippen molar-refractivity contribution in [3.8, 4) is 0 Å². The van der Waals surface area contributed by atoms with E-state index in [9.17, 15) is 19.5 Å². The van der Waals surface area contributed by atoms with Crippen LogP contribution in [0.1, 0.15) is 26.2 Å². The number of benzene rings is 1. The Morgan fingerprint density at radius 2 is 1.92 bits per heavy atom. The SMILES string of the molecule is C=CCN(C)C(=O)[C@@H]1[C@H]2C(=O)N([C@@H](CC)CO)C(C(=O)N(CC=C)c3ccc(Cl)cc3)C23CC[C@H]1S3. The number of rotatable bonds is 10. The maximum atomic E-state index is 14.4. The molecule has 3 aliphatic heterocycles. The number of amides is 3. The number of aliphatic hydroxyl groups excluding tert-OH is 1. The summed E-state index contributed by atoms with van der Waals surface area (Å²) in [5, 5.41) is 10.8. The van der Waals surface area contributed by atoms with Crippen LogP contribution >= 0.6 is 23.4 Å². The van der Waals surface area contributed by atoms with Gasteiger partial charge in [0.05, 0.1) is 29.2 Å². The van der Waals surface area contributed by atoms with Crippen LogP contribution in [0.4, 0.5) is 5.69 Å². The minimum atomic E-state index is -0.791. The maximum absolute atomic E-state index is 14.4. The first-order valence-corrected chi connectivity index (χ1v) is 13.7. The van der Waals surface area contributed by atoms with Crippen molar-refractivity contribution < 1.29 is 19.5 Å². The van der Waals surface area contributed by atoms with Crippen molar-refractivity contribution in [2.24, 2.45) is 11.8 Å². The van der Waals surface area contributed by atoms with Crippen molar-refractivity contribution in [1.82, 2.24) is 9.80 Å². The summed E-state index contributed by atoms with van der Waals surface area (Å²) in [5.74, 6) is -1.62. The molecule has 3 aliphatic rings. The number of thioether (sulfide) groups is 1. The molecule has 6 atom stereocenters. The molecule has 9 heteroatoms. The second kappa shape index (κ2) is 10.6. The van der Waals surface area contributed by atoms with E-state index in [0.717, 1.165) is 6.42 Å². The highest BCUT2D eigenvalue weighted by molar-refractivity contribution is 8.02. The van der Waals surface area contributed by atoms with E-state index in [1.807, 2.05) is 6.92 Å². The zero-order valence-corrected chi connectivity index (χ0v) is 22.4. The Labute approximate surface area is 222 Å². The predicted octanol–water partition coefficient (Wildman–Crippen LogP) is 3.37. The number of nitrogens with zero attached hydrogens (tertiary/aromatic N) is 3. The Morgan fingerprint density at radius 3 is 2.50 bits per heavy atom. The van der Waals surface area contributed by atoms with E-state index >= 15 is 0 Å². The average Bonchev–Trinajstić information content (AvgIpc) is 3.51. The Hall–Kier alpha value is -2.29. The highest BCUT2D eigenvalue weighted by Gasteiger charge is 2.74. The maximum Gasteiger partial charge on any atom is 0.251 e. The number of halogens is 1. The summed E-state index contributed by atoms with van der Waals surface area (Å²) in [7, 11) is 1.72. The van der Waals surface area contributed by atoms with Crippen molar-refractivity contribution in [1.29, 1.82) is 0 Å².